The fraction of sp³-hybridized carbons (Fsp3) is 0.269. The minimum atomic E-state index is -0.413. The molecule has 2 aliphatic rings. The summed E-state index contributed by atoms with van der Waals surface area (Å²) in [6.45, 7) is 4.18. The summed E-state index contributed by atoms with van der Waals surface area (Å²) >= 11 is 0. The summed E-state index contributed by atoms with van der Waals surface area (Å²) in [5.41, 5.74) is 3.46. The summed E-state index contributed by atoms with van der Waals surface area (Å²) in [6, 6.07) is 16.5. The highest BCUT2D eigenvalue weighted by Crippen LogP contribution is 2.46. The van der Waals surface area contributed by atoms with E-state index in [0.29, 0.717) is 35.5 Å². The Kier molecular flexibility index (Phi) is 5.04. The zero-order valence-corrected chi connectivity index (χ0v) is 18.9. The van der Waals surface area contributed by atoms with Crippen LogP contribution in [0.15, 0.2) is 72.1 Å². The van der Waals surface area contributed by atoms with Crippen LogP contribution in [-0.4, -0.2) is 28.6 Å². The number of amides is 1. The van der Waals surface area contributed by atoms with Crippen molar-refractivity contribution in [2.24, 2.45) is 5.41 Å². The molecule has 7 nitrogen and oxygen atoms in total. The molecule has 1 aliphatic carbocycles. The van der Waals surface area contributed by atoms with Crippen molar-refractivity contribution >= 4 is 23.2 Å². The summed E-state index contributed by atoms with van der Waals surface area (Å²) < 4.78 is 7.05. The molecule has 168 valence electrons. The normalized spacial score (nSPS) is 18.8. The van der Waals surface area contributed by atoms with Gasteiger partial charge in [-0.1, -0.05) is 44.2 Å². The molecule has 1 amide bonds. The number of Topliss-reactive ketones (excluding diaryl/α,β-unsaturated/α-hetero) is 1. The summed E-state index contributed by atoms with van der Waals surface area (Å²) in [6.07, 6.45) is 2.75. The van der Waals surface area contributed by atoms with Gasteiger partial charge < -0.3 is 15.4 Å². The van der Waals surface area contributed by atoms with Gasteiger partial charge in [0.25, 0.3) is 5.91 Å². The third-order valence-corrected chi connectivity index (χ3v) is 6.21. The number of methoxy groups -OCH3 is 1. The molecular weight excluding hydrogens is 416 g/mol. The topological polar surface area (TPSA) is 85.2 Å². The van der Waals surface area contributed by atoms with E-state index in [1.165, 1.54) is 0 Å². The lowest BCUT2D eigenvalue weighted by Gasteiger charge is -2.39. The van der Waals surface area contributed by atoms with Crippen LogP contribution in [0.3, 0.4) is 0 Å². The molecule has 33 heavy (non-hydrogen) atoms. The Hall–Kier alpha value is -3.87. The standard InChI is InChI=1S/C26H26N4O3/c1-26(2)13-20-22(21(31)14-26)23(16-9-11-18(33-3)12-10-16)30-24(29-20)19(15-27-30)25(32)28-17-7-5-4-6-8-17/h4-12,15,23,29H,13-14H2,1-3H3,(H,28,32)/t23-/m0/s1. The van der Waals surface area contributed by atoms with Gasteiger partial charge in [-0.2, -0.15) is 5.10 Å². The average Bonchev–Trinajstić information content (AvgIpc) is 3.21. The number of carbonyl (C=O) groups excluding carboxylic acids is 2. The van der Waals surface area contributed by atoms with Gasteiger partial charge in [-0.15, -0.1) is 0 Å². The third kappa shape index (κ3) is 3.80. The van der Waals surface area contributed by atoms with Crippen molar-refractivity contribution < 1.29 is 14.3 Å². The molecule has 0 radical (unpaired) electrons. The fourth-order valence-electron chi connectivity index (χ4n) is 4.69. The molecule has 0 unspecified atom stereocenters. The molecular formula is C26H26N4O3. The molecule has 2 aromatic carbocycles. The van der Waals surface area contributed by atoms with E-state index in [9.17, 15) is 9.59 Å². The van der Waals surface area contributed by atoms with Gasteiger partial charge in [0.1, 0.15) is 23.2 Å². The fourth-order valence-corrected chi connectivity index (χ4v) is 4.69. The second kappa shape index (κ2) is 7.92. The van der Waals surface area contributed by atoms with E-state index in [0.717, 1.165) is 17.0 Å². The SMILES string of the molecule is COc1ccc([C@H]2C3=C(CC(C)(C)CC3=O)Nc3c(C(=O)Nc4ccccc4)cnn32)cc1. The first-order chi connectivity index (χ1) is 15.9. The first-order valence-corrected chi connectivity index (χ1v) is 11.0. The van der Waals surface area contributed by atoms with Gasteiger partial charge in [-0.25, -0.2) is 4.68 Å². The second-order valence-electron chi connectivity index (χ2n) is 9.31. The molecule has 1 aliphatic heterocycles. The molecule has 5 rings (SSSR count). The summed E-state index contributed by atoms with van der Waals surface area (Å²) in [5.74, 6) is 1.18. The van der Waals surface area contributed by atoms with Crippen LogP contribution in [-0.2, 0) is 4.79 Å². The number of fused-ring (bicyclic) bond motifs is 1. The minimum absolute atomic E-state index is 0.103. The summed E-state index contributed by atoms with van der Waals surface area (Å²) in [4.78, 5) is 26.4. The predicted molar refractivity (Wildman–Crippen MR) is 126 cm³/mol. The van der Waals surface area contributed by atoms with Crippen molar-refractivity contribution in [2.75, 3.05) is 17.7 Å². The number of ketones is 1. The molecule has 0 spiro atoms. The average molecular weight is 443 g/mol. The van der Waals surface area contributed by atoms with E-state index in [2.05, 4.69) is 29.6 Å². The smallest absolute Gasteiger partial charge is 0.261 e. The number of allylic oxidation sites excluding steroid dienone is 2. The lowest BCUT2D eigenvalue weighted by atomic mass is 9.73. The van der Waals surface area contributed by atoms with Crippen LogP contribution in [0, 0.1) is 5.41 Å². The van der Waals surface area contributed by atoms with E-state index >= 15 is 0 Å². The number of anilines is 2. The number of hydrogen-bond donors (Lipinski definition) is 2. The quantitative estimate of drug-likeness (QED) is 0.606. The maximum atomic E-state index is 13.3. The van der Waals surface area contributed by atoms with Crippen LogP contribution >= 0.6 is 0 Å². The van der Waals surface area contributed by atoms with Gasteiger partial charge in [-0.05, 0) is 41.7 Å². The van der Waals surface area contributed by atoms with Gasteiger partial charge in [0.05, 0.1) is 13.3 Å². The molecule has 2 N–H and O–H groups in total. The Bertz CT molecular complexity index is 1260. The molecule has 0 bridgehead atoms. The number of para-hydroxylation sites is 1. The van der Waals surface area contributed by atoms with Crippen LogP contribution in [0.2, 0.25) is 0 Å². The van der Waals surface area contributed by atoms with E-state index in [1.807, 2.05) is 54.6 Å². The van der Waals surface area contributed by atoms with Crippen LogP contribution in [0.1, 0.15) is 48.7 Å². The number of nitrogens with one attached hydrogen (secondary N) is 2. The van der Waals surface area contributed by atoms with Gasteiger partial charge in [0.2, 0.25) is 0 Å². The van der Waals surface area contributed by atoms with E-state index in [4.69, 9.17) is 4.74 Å². The largest absolute Gasteiger partial charge is 0.497 e. The molecule has 7 heteroatoms. The molecule has 0 fully saturated rings. The molecule has 0 saturated carbocycles. The number of rotatable bonds is 4. The molecule has 2 heterocycles. The molecule has 1 atom stereocenters. The van der Waals surface area contributed by atoms with Crippen molar-refractivity contribution in [3.8, 4) is 5.75 Å². The zero-order valence-electron chi connectivity index (χ0n) is 18.9. The third-order valence-electron chi connectivity index (χ3n) is 6.21. The van der Waals surface area contributed by atoms with Crippen LogP contribution in [0.5, 0.6) is 5.75 Å². The van der Waals surface area contributed by atoms with Crippen molar-refractivity contribution in [3.63, 3.8) is 0 Å². The highest BCUT2D eigenvalue weighted by atomic mass is 16.5. The number of hydrogen-bond acceptors (Lipinski definition) is 5. The Morgan fingerprint density at radius 3 is 2.55 bits per heavy atom. The Morgan fingerprint density at radius 1 is 1.12 bits per heavy atom. The minimum Gasteiger partial charge on any atom is -0.497 e. The second-order valence-corrected chi connectivity index (χ2v) is 9.31. The number of carbonyl (C=O) groups is 2. The van der Waals surface area contributed by atoms with Gasteiger partial charge in [-0.3, -0.25) is 9.59 Å². The van der Waals surface area contributed by atoms with Crippen molar-refractivity contribution in [3.05, 3.63) is 83.2 Å². The zero-order chi connectivity index (χ0) is 23.2. The Morgan fingerprint density at radius 2 is 1.85 bits per heavy atom. The monoisotopic (exact) mass is 442 g/mol. The van der Waals surface area contributed by atoms with Gasteiger partial charge >= 0.3 is 0 Å². The van der Waals surface area contributed by atoms with Crippen LogP contribution < -0.4 is 15.4 Å². The summed E-state index contributed by atoms with van der Waals surface area (Å²) in [7, 11) is 1.62. The summed E-state index contributed by atoms with van der Waals surface area (Å²) in [5, 5.41) is 10.9. The number of nitrogens with zero attached hydrogens (tertiary/aromatic N) is 2. The van der Waals surface area contributed by atoms with Crippen molar-refractivity contribution in [2.45, 2.75) is 32.7 Å². The number of benzene rings is 2. The highest BCUT2D eigenvalue weighted by molar-refractivity contribution is 6.08. The van der Waals surface area contributed by atoms with Gasteiger partial charge in [0, 0.05) is 23.4 Å². The first-order valence-electron chi connectivity index (χ1n) is 11.0. The first kappa shape index (κ1) is 21.0. The van der Waals surface area contributed by atoms with Crippen molar-refractivity contribution in [1.29, 1.82) is 0 Å². The molecule has 0 saturated heterocycles. The van der Waals surface area contributed by atoms with E-state index in [-0.39, 0.29) is 17.1 Å². The molecule has 1 aromatic heterocycles. The molecule has 3 aromatic rings. The lowest BCUT2D eigenvalue weighted by molar-refractivity contribution is -0.118. The highest BCUT2D eigenvalue weighted by Gasteiger charge is 2.42. The van der Waals surface area contributed by atoms with Gasteiger partial charge in [0.15, 0.2) is 5.78 Å². The van der Waals surface area contributed by atoms with E-state index < -0.39 is 6.04 Å². The van der Waals surface area contributed by atoms with E-state index in [1.54, 1.807) is 18.0 Å². The predicted octanol–water partition coefficient (Wildman–Crippen LogP) is 4.80. The van der Waals surface area contributed by atoms with Crippen LogP contribution in [0.25, 0.3) is 0 Å². The lowest BCUT2D eigenvalue weighted by Crippen LogP contribution is -2.36. The Labute approximate surface area is 192 Å². The van der Waals surface area contributed by atoms with Crippen LogP contribution in [0.4, 0.5) is 11.5 Å². The number of ether oxygens (including phenoxy) is 1. The number of aromatic nitrogens is 2. The van der Waals surface area contributed by atoms with Crippen molar-refractivity contribution in [1.82, 2.24) is 9.78 Å². The Balaban J connectivity index is 1.60. The maximum absolute atomic E-state index is 13.3. The maximum Gasteiger partial charge on any atom is 0.261 e.